The van der Waals surface area contributed by atoms with Crippen molar-refractivity contribution in [3.05, 3.63) is 28.2 Å². The summed E-state index contributed by atoms with van der Waals surface area (Å²) in [6, 6.07) is 7.79. The molecule has 2 rings (SSSR count). The van der Waals surface area contributed by atoms with E-state index in [-0.39, 0.29) is 0 Å². The van der Waals surface area contributed by atoms with Crippen LogP contribution in [-0.2, 0) is 0 Å². The van der Waals surface area contributed by atoms with Gasteiger partial charge in [0.25, 0.3) is 0 Å². The first kappa shape index (κ1) is 14.8. The van der Waals surface area contributed by atoms with Crippen LogP contribution in [-0.4, -0.2) is 50.7 Å². The van der Waals surface area contributed by atoms with E-state index in [9.17, 15) is 0 Å². The molecule has 4 heteroatoms. The highest BCUT2D eigenvalue weighted by molar-refractivity contribution is 9.10. The molecular formula is C15H24BrN3. The van der Waals surface area contributed by atoms with E-state index in [2.05, 4.69) is 70.1 Å². The number of hydrogen-bond acceptors (Lipinski definition) is 3. The summed E-state index contributed by atoms with van der Waals surface area (Å²) in [6.45, 7) is 7.67. The summed E-state index contributed by atoms with van der Waals surface area (Å²) in [4.78, 5) is 4.99. The third-order valence-corrected chi connectivity index (χ3v) is 5.02. The van der Waals surface area contributed by atoms with E-state index in [1.165, 1.54) is 15.7 Å². The molecule has 1 aromatic rings. The lowest BCUT2D eigenvalue weighted by Gasteiger charge is -2.45. The molecule has 19 heavy (non-hydrogen) atoms. The van der Waals surface area contributed by atoms with Crippen molar-refractivity contribution in [2.24, 2.45) is 0 Å². The topological polar surface area (TPSA) is 18.5 Å². The number of halogens is 1. The molecule has 0 saturated carbocycles. The van der Waals surface area contributed by atoms with Gasteiger partial charge in [-0.3, -0.25) is 4.90 Å². The Morgan fingerprint density at radius 3 is 2.74 bits per heavy atom. The number of benzene rings is 1. The second-order valence-electron chi connectivity index (χ2n) is 5.56. The quantitative estimate of drug-likeness (QED) is 0.921. The normalized spacial score (nSPS) is 24.8. The Morgan fingerprint density at radius 1 is 1.37 bits per heavy atom. The molecule has 1 saturated heterocycles. The minimum atomic E-state index is 0.567. The molecule has 1 aromatic carbocycles. The Morgan fingerprint density at radius 2 is 2.11 bits per heavy atom. The van der Waals surface area contributed by atoms with Crippen LogP contribution in [0.2, 0.25) is 0 Å². The Balaban J connectivity index is 2.17. The lowest BCUT2D eigenvalue weighted by Crippen LogP contribution is -2.58. The Hall–Kier alpha value is -0.580. The van der Waals surface area contributed by atoms with Crippen LogP contribution in [0.4, 0.5) is 5.69 Å². The predicted octanol–water partition coefficient (Wildman–Crippen LogP) is 2.49. The van der Waals surface area contributed by atoms with Gasteiger partial charge < -0.3 is 10.2 Å². The summed E-state index contributed by atoms with van der Waals surface area (Å²) in [6.07, 6.45) is 0. The smallest absolute Gasteiger partial charge is 0.0396 e. The maximum absolute atomic E-state index is 3.57. The van der Waals surface area contributed by atoms with Crippen LogP contribution >= 0.6 is 15.9 Å². The molecule has 3 nitrogen and oxygen atoms in total. The molecule has 1 aliphatic rings. The standard InChI is InChI=1S/C15H24BrN3/c1-11-7-13(5-6-15(11)16)19-9-12(2)18(4)14(10-19)8-17-3/h5-7,12,14,17H,8-10H2,1-4H3. The Labute approximate surface area is 125 Å². The third-order valence-electron chi connectivity index (χ3n) is 4.13. The molecule has 1 fully saturated rings. The van der Waals surface area contributed by atoms with Crippen molar-refractivity contribution in [1.29, 1.82) is 0 Å². The molecule has 0 amide bonds. The highest BCUT2D eigenvalue weighted by Crippen LogP contribution is 2.26. The second kappa shape index (κ2) is 6.25. The summed E-state index contributed by atoms with van der Waals surface area (Å²) in [5, 5.41) is 3.31. The van der Waals surface area contributed by atoms with E-state index in [4.69, 9.17) is 0 Å². The summed E-state index contributed by atoms with van der Waals surface area (Å²) in [7, 11) is 4.26. The van der Waals surface area contributed by atoms with Crippen molar-refractivity contribution in [3.63, 3.8) is 0 Å². The van der Waals surface area contributed by atoms with Gasteiger partial charge >= 0.3 is 0 Å². The van der Waals surface area contributed by atoms with E-state index in [1.807, 2.05) is 7.05 Å². The fraction of sp³-hybridized carbons (Fsp3) is 0.600. The molecule has 106 valence electrons. The van der Waals surface area contributed by atoms with Crippen molar-refractivity contribution in [1.82, 2.24) is 10.2 Å². The summed E-state index contributed by atoms with van der Waals surface area (Å²) in [5.41, 5.74) is 2.64. The highest BCUT2D eigenvalue weighted by Gasteiger charge is 2.29. The number of likely N-dealkylation sites (N-methyl/N-ethyl adjacent to an activating group) is 2. The van der Waals surface area contributed by atoms with Crippen LogP contribution in [0.5, 0.6) is 0 Å². The van der Waals surface area contributed by atoms with Gasteiger partial charge in [-0.15, -0.1) is 0 Å². The average molecular weight is 326 g/mol. The number of piperazine rings is 1. The van der Waals surface area contributed by atoms with Gasteiger partial charge in [0, 0.05) is 41.9 Å². The molecule has 1 N–H and O–H groups in total. The van der Waals surface area contributed by atoms with Crippen molar-refractivity contribution < 1.29 is 0 Å². The molecule has 2 atom stereocenters. The van der Waals surface area contributed by atoms with Crippen molar-refractivity contribution >= 4 is 21.6 Å². The van der Waals surface area contributed by atoms with E-state index in [1.54, 1.807) is 0 Å². The fourth-order valence-corrected chi connectivity index (χ4v) is 2.99. The molecule has 1 heterocycles. The Kier molecular flexibility index (Phi) is 4.87. The molecule has 0 aromatic heterocycles. The number of nitrogens with one attached hydrogen (secondary N) is 1. The minimum Gasteiger partial charge on any atom is -0.368 e. The first-order chi connectivity index (χ1) is 9.02. The Bertz CT molecular complexity index is 435. The van der Waals surface area contributed by atoms with Gasteiger partial charge in [0.1, 0.15) is 0 Å². The molecule has 0 bridgehead atoms. The van der Waals surface area contributed by atoms with Crippen LogP contribution in [0.15, 0.2) is 22.7 Å². The van der Waals surface area contributed by atoms with Crippen molar-refractivity contribution in [3.8, 4) is 0 Å². The summed E-state index contributed by atoms with van der Waals surface area (Å²) in [5.74, 6) is 0. The van der Waals surface area contributed by atoms with Crippen LogP contribution in [0.25, 0.3) is 0 Å². The van der Waals surface area contributed by atoms with Crippen molar-refractivity contribution in [2.75, 3.05) is 38.6 Å². The zero-order valence-corrected chi connectivity index (χ0v) is 13.9. The van der Waals surface area contributed by atoms with Gasteiger partial charge in [0.15, 0.2) is 0 Å². The van der Waals surface area contributed by atoms with Gasteiger partial charge in [0.05, 0.1) is 0 Å². The second-order valence-corrected chi connectivity index (χ2v) is 6.42. The molecule has 0 aliphatic carbocycles. The largest absolute Gasteiger partial charge is 0.368 e. The van der Waals surface area contributed by atoms with Gasteiger partial charge in [-0.1, -0.05) is 15.9 Å². The van der Waals surface area contributed by atoms with E-state index < -0.39 is 0 Å². The number of hydrogen-bond donors (Lipinski definition) is 1. The van der Waals surface area contributed by atoms with Crippen LogP contribution in [0.3, 0.4) is 0 Å². The lowest BCUT2D eigenvalue weighted by atomic mass is 10.1. The SMILES string of the molecule is CNCC1CN(c2ccc(Br)c(C)c2)CC(C)N1C. The predicted molar refractivity (Wildman–Crippen MR) is 86.0 cm³/mol. The zero-order chi connectivity index (χ0) is 14.0. The van der Waals surface area contributed by atoms with E-state index >= 15 is 0 Å². The van der Waals surface area contributed by atoms with Crippen LogP contribution in [0, 0.1) is 6.92 Å². The average Bonchev–Trinajstić information content (AvgIpc) is 2.38. The van der Waals surface area contributed by atoms with Gasteiger partial charge in [-0.25, -0.2) is 0 Å². The molecular weight excluding hydrogens is 302 g/mol. The number of anilines is 1. The molecule has 1 aliphatic heterocycles. The monoisotopic (exact) mass is 325 g/mol. The maximum atomic E-state index is 3.57. The summed E-state index contributed by atoms with van der Waals surface area (Å²) >= 11 is 3.57. The number of nitrogens with zero attached hydrogens (tertiary/aromatic N) is 2. The van der Waals surface area contributed by atoms with Gasteiger partial charge in [0.2, 0.25) is 0 Å². The minimum absolute atomic E-state index is 0.567. The lowest BCUT2D eigenvalue weighted by molar-refractivity contribution is 0.157. The van der Waals surface area contributed by atoms with E-state index in [0.717, 1.165) is 19.6 Å². The van der Waals surface area contributed by atoms with Crippen LogP contribution in [0.1, 0.15) is 12.5 Å². The first-order valence-electron chi connectivity index (χ1n) is 6.90. The van der Waals surface area contributed by atoms with Gasteiger partial charge in [-0.2, -0.15) is 0 Å². The van der Waals surface area contributed by atoms with Crippen molar-refractivity contribution in [2.45, 2.75) is 25.9 Å². The maximum Gasteiger partial charge on any atom is 0.0396 e. The zero-order valence-electron chi connectivity index (χ0n) is 12.3. The van der Waals surface area contributed by atoms with E-state index in [0.29, 0.717) is 12.1 Å². The molecule has 0 spiro atoms. The van der Waals surface area contributed by atoms with Gasteiger partial charge in [-0.05, 0) is 51.7 Å². The summed E-state index contributed by atoms with van der Waals surface area (Å²) < 4.78 is 1.19. The van der Waals surface area contributed by atoms with Crippen LogP contribution < -0.4 is 10.2 Å². The highest BCUT2D eigenvalue weighted by atomic mass is 79.9. The first-order valence-corrected chi connectivity index (χ1v) is 7.70. The fourth-order valence-electron chi connectivity index (χ4n) is 2.75. The number of aryl methyl sites for hydroxylation is 1. The third kappa shape index (κ3) is 3.30. The molecule has 2 unspecified atom stereocenters. The number of rotatable bonds is 3. The molecule has 0 radical (unpaired) electrons.